The fourth-order valence-corrected chi connectivity index (χ4v) is 3.34. The molecule has 0 bridgehead atoms. The second kappa shape index (κ2) is 6.29. The number of amides is 1. The second-order valence-electron chi connectivity index (χ2n) is 5.98. The van der Waals surface area contributed by atoms with Crippen LogP contribution in [0.3, 0.4) is 0 Å². The van der Waals surface area contributed by atoms with Crippen LogP contribution in [-0.2, 0) is 0 Å². The molecule has 1 amide bonds. The van der Waals surface area contributed by atoms with Crippen LogP contribution in [0.5, 0.6) is 0 Å². The number of benzene rings is 1. The van der Waals surface area contributed by atoms with E-state index in [4.69, 9.17) is 0 Å². The monoisotopic (exact) mass is 274 g/mol. The third-order valence-corrected chi connectivity index (χ3v) is 4.76. The van der Waals surface area contributed by atoms with Crippen LogP contribution in [0.2, 0.25) is 0 Å². The summed E-state index contributed by atoms with van der Waals surface area (Å²) >= 11 is 0. The zero-order chi connectivity index (χ0) is 14.7. The van der Waals surface area contributed by atoms with Gasteiger partial charge in [-0.15, -0.1) is 0 Å². The van der Waals surface area contributed by atoms with E-state index < -0.39 is 0 Å². The van der Waals surface area contributed by atoms with E-state index in [-0.39, 0.29) is 5.91 Å². The molecule has 3 atom stereocenters. The van der Waals surface area contributed by atoms with E-state index in [2.05, 4.69) is 24.5 Å². The first-order valence-electron chi connectivity index (χ1n) is 7.66. The minimum Gasteiger partial charge on any atom is -0.387 e. The van der Waals surface area contributed by atoms with Crippen LogP contribution in [0.4, 0.5) is 5.69 Å². The van der Waals surface area contributed by atoms with Crippen LogP contribution in [0.15, 0.2) is 18.2 Å². The zero-order valence-electron chi connectivity index (χ0n) is 13.0. The molecule has 2 rings (SSSR count). The molecule has 3 nitrogen and oxygen atoms in total. The Bertz CT molecular complexity index is 484. The normalized spacial score (nSPS) is 25.5. The van der Waals surface area contributed by atoms with Gasteiger partial charge in [-0.1, -0.05) is 26.3 Å². The Morgan fingerprint density at radius 2 is 2.10 bits per heavy atom. The fourth-order valence-electron chi connectivity index (χ4n) is 3.34. The largest absolute Gasteiger partial charge is 0.387 e. The van der Waals surface area contributed by atoms with Crippen molar-refractivity contribution in [2.45, 2.75) is 46.1 Å². The van der Waals surface area contributed by atoms with Gasteiger partial charge in [-0.2, -0.15) is 0 Å². The number of carbonyl (C=O) groups is 1. The Morgan fingerprint density at radius 1 is 1.35 bits per heavy atom. The second-order valence-corrected chi connectivity index (χ2v) is 5.98. The summed E-state index contributed by atoms with van der Waals surface area (Å²) in [5.41, 5.74) is 2.80. The first-order valence-corrected chi connectivity index (χ1v) is 7.66. The molecule has 0 aliphatic heterocycles. The maximum absolute atomic E-state index is 12.5. The summed E-state index contributed by atoms with van der Waals surface area (Å²) in [6.45, 7) is 6.54. The van der Waals surface area contributed by atoms with Gasteiger partial charge in [0.25, 0.3) is 5.91 Å². The standard InChI is InChI=1S/C17H26N2O/c1-5-13-7-9-15(12(13)3)19-17(20)14-8-6-11(2)10-16(14)18-4/h6,8,10,12-13,15,18H,5,7,9H2,1-4H3,(H,19,20). The SMILES string of the molecule is CCC1CCC(NC(=O)c2ccc(C)cc2NC)C1C. The third kappa shape index (κ3) is 2.97. The van der Waals surface area contributed by atoms with Crippen molar-refractivity contribution in [3.63, 3.8) is 0 Å². The molecular formula is C17H26N2O. The van der Waals surface area contributed by atoms with Crippen LogP contribution < -0.4 is 10.6 Å². The Hall–Kier alpha value is -1.51. The van der Waals surface area contributed by atoms with Crippen molar-refractivity contribution >= 4 is 11.6 Å². The van der Waals surface area contributed by atoms with Crippen molar-refractivity contribution in [2.24, 2.45) is 11.8 Å². The van der Waals surface area contributed by atoms with Gasteiger partial charge < -0.3 is 10.6 Å². The molecule has 0 saturated heterocycles. The first kappa shape index (κ1) is 14.9. The molecule has 1 aromatic rings. The predicted octanol–water partition coefficient (Wildman–Crippen LogP) is 3.59. The van der Waals surface area contributed by atoms with Crippen LogP contribution in [0.25, 0.3) is 0 Å². The molecule has 1 fully saturated rings. The summed E-state index contributed by atoms with van der Waals surface area (Å²) in [6.07, 6.45) is 3.54. The summed E-state index contributed by atoms with van der Waals surface area (Å²) in [5.74, 6) is 1.37. The molecule has 2 N–H and O–H groups in total. The zero-order valence-corrected chi connectivity index (χ0v) is 13.0. The number of carbonyl (C=O) groups excluding carboxylic acids is 1. The summed E-state index contributed by atoms with van der Waals surface area (Å²) in [7, 11) is 1.86. The minimum atomic E-state index is 0.0444. The molecule has 20 heavy (non-hydrogen) atoms. The highest BCUT2D eigenvalue weighted by molar-refractivity contribution is 5.99. The van der Waals surface area contributed by atoms with E-state index in [0.29, 0.717) is 12.0 Å². The molecular weight excluding hydrogens is 248 g/mol. The number of anilines is 1. The van der Waals surface area contributed by atoms with Crippen molar-refractivity contribution in [3.8, 4) is 0 Å². The Labute approximate surface area is 122 Å². The average molecular weight is 274 g/mol. The molecule has 0 spiro atoms. The van der Waals surface area contributed by atoms with Gasteiger partial charge in [-0.25, -0.2) is 0 Å². The first-order chi connectivity index (χ1) is 9.56. The van der Waals surface area contributed by atoms with Gasteiger partial charge in [0.1, 0.15) is 0 Å². The fraction of sp³-hybridized carbons (Fsp3) is 0.588. The number of aryl methyl sites for hydroxylation is 1. The van der Waals surface area contributed by atoms with E-state index >= 15 is 0 Å². The average Bonchev–Trinajstić information content (AvgIpc) is 2.79. The summed E-state index contributed by atoms with van der Waals surface area (Å²) in [5, 5.41) is 6.34. The molecule has 3 unspecified atom stereocenters. The van der Waals surface area contributed by atoms with Gasteiger partial charge in [0.05, 0.1) is 5.56 Å². The number of hydrogen-bond acceptors (Lipinski definition) is 2. The highest BCUT2D eigenvalue weighted by Crippen LogP contribution is 2.34. The van der Waals surface area contributed by atoms with Gasteiger partial charge in [-0.05, 0) is 49.3 Å². The minimum absolute atomic E-state index is 0.0444. The van der Waals surface area contributed by atoms with Crippen LogP contribution in [-0.4, -0.2) is 19.0 Å². The van der Waals surface area contributed by atoms with Crippen molar-refractivity contribution in [1.82, 2.24) is 5.32 Å². The maximum Gasteiger partial charge on any atom is 0.253 e. The van der Waals surface area contributed by atoms with Crippen LogP contribution in [0.1, 0.15) is 49.0 Å². The van der Waals surface area contributed by atoms with Crippen LogP contribution in [0, 0.1) is 18.8 Å². The van der Waals surface area contributed by atoms with Gasteiger partial charge in [0, 0.05) is 18.8 Å². The lowest BCUT2D eigenvalue weighted by Gasteiger charge is -2.21. The van der Waals surface area contributed by atoms with Crippen LogP contribution >= 0.6 is 0 Å². The molecule has 1 saturated carbocycles. The van der Waals surface area contributed by atoms with Gasteiger partial charge in [0.2, 0.25) is 0 Å². The van der Waals surface area contributed by atoms with Gasteiger partial charge in [0.15, 0.2) is 0 Å². The van der Waals surface area contributed by atoms with Gasteiger partial charge in [-0.3, -0.25) is 4.79 Å². The molecule has 1 aromatic carbocycles. The number of nitrogens with one attached hydrogen (secondary N) is 2. The lowest BCUT2D eigenvalue weighted by atomic mass is 9.93. The predicted molar refractivity (Wildman–Crippen MR) is 84.2 cm³/mol. The number of hydrogen-bond donors (Lipinski definition) is 2. The Kier molecular flexibility index (Phi) is 4.69. The van der Waals surface area contributed by atoms with E-state index in [1.54, 1.807) is 0 Å². The number of rotatable bonds is 4. The lowest BCUT2D eigenvalue weighted by molar-refractivity contribution is 0.0927. The van der Waals surface area contributed by atoms with Crippen molar-refractivity contribution in [1.29, 1.82) is 0 Å². The molecule has 110 valence electrons. The Balaban J connectivity index is 2.09. The molecule has 0 radical (unpaired) electrons. The lowest BCUT2D eigenvalue weighted by Crippen LogP contribution is -2.37. The highest BCUT2D eigenvalue weighted by Gasteiger charge is 2.32. The van der Waals surface area contributed by atoms with Crippen molar-refractivity contribution < 1.29 is 4.79 Å². The summed E-state index contributed by atoms with van der Waals surface area (Å²) in [4.78, 5) is 12.5. The molecule has 1 aliphatic rings. The highest BCUT2D eigenvalue weighted by atomic mass is 16.1. The molecule has 1 aliphatic carbocycles. The van der Waals surface area contributed by atoms with E-state index in [9.17, 15) is 4.79 Å². The Morgan fingerprint density at radius 3 is 2.70 bits per heavy atom. The van der Waals surface area contributed by atoms with E-state index in [0.717, 1.165) is 29.2 Å². The quantitative estimate of drug-likeness (QED) is 0.881. The van der Waals surface area contributed by atoms with Gasteiger partial charge >= 0.3 is 0 Å². The molecule has 0 heterocycles. The topological polar surface area (TPSA) is 41.1 Å². The van der Waals surface area contributed by atoms with E-state index in [1.807, 2.05) is 32.2 Å². The smallest absolute Gasteiger partial charge is 0.253 e. The summed E-state index contributed by atoms with van der Waals surface area (Å²) in [6, 6.07) is 6.23. The third-order valence-electron chi connectivity index (χ3n) is 4.76. The van der Waals surface area contributed by atoms with E-state index in [1.165, 1.54) is 12.8 Å². The maximum atomic E-state index is 12.5. The molecule has 0 aromatic heterocycles. The molecule has 3 heteroatoms. The van der Waals surface area contributed by atoms with Crippen molar-refractivity contribution in [3.05, 3.63) is 29.3 Å². The summed E-state index contributed by atoms with van der Waals surface area (Å²) < 4.78 is 0. The van der Waals surface area contributed by atoms with Crippen molar-refractivity contribution in [2.75, 3.05) is 12.4 Å².